The molecule has 6 nitrogen and oxygen atoms in total. The van der Waals surface area contributed by atoms with E-state index in [1.807, 2.05) is 42.8 Å². The summed E-state index contributed by atoms with van der Waals surface area (Å²) < 4.78 is 1.84. The van der Waals surface area contributed by atoms with Gasteiger partial charge in [0.05, 0.1) is 16.6 Å². The van der Waals surface area contributed by atoms with Crippen LogP contribution in [0.5, 0.6) is 0 Å². The minimum absolute atomic E-state index is 0.130. The number of rotatable bonds is 4. The van der Waals surface area contributed by atoms with Gasteiger partial charge in [0.2, 0.25) is 5.91 Å². The zero-order valence-corrected chi connectivity index (χ0v) is 14.3. The van der Waals surface area contributed by atoms with Crippen LogP contribution in [0.3, 0.4) is 0 Å². The Morgan fingerprint density at radius 2 is 2.21 bits per heavy atom. The highest BCUT2D eigenvalue weighted by atomic mass is 35.5. The van der Waals surface area contributed by atoms with Crippen LogP contribution < -0.4 is 5.32 Å². The van der Waals surface area contributed by atoms with E-state index >= 15 is 0 Å². The van der Waals surface area contributed by atoms with Crippen LogP contribution in [0.4, 0.5) is 5.82 Å². The highest BCUT2D eigenvalue weighted by Crippen LogP contribution is 2.39. The van der Waals surface area contributed by atoms with Gasteiger partial charge in [-0.05, 0) is 38.3 Å². The summed E-state index contributed by atoms with van der Waals surface area (Å²) in [5.74, 6) is 0.628. The largest absolute Gasteiger partial charge is 0.309 e. The van der Waals surface area contributed by atoms with Gasteiger partial charge in [0.25, 0.3) is 0 Å². The van der Waals surface area contributed by atoms with Gasteiger partial charge in [-0.1, -0.05) is 11.6 Å². The normalized spacial score (nSPS) is 15.6. The summed E-state index contributed by atoms with van der Waals surface area (Å²) in [4.78, 5) is 17.0. The van der Waals surface area contributed by atoms with E-state index in [4.69, 9.17) is 11.6 Å². The maximum atomic E-state index is 12.5. The SMILES string of the molecule is Cc1cc2nc([C@@H](C)C(=O)Nc3cc(C4CC4)[nH]n3)cn2cc1Cl. The molecule has 124 valence electrons. The van der Waals surface area contributed by atoms with E-state index < -0.39 is 0 Å². The first-order valence-electron chi connectivity index (χ1n) is 8.02. The van der Waals surface area contributed by atoms with Crippen molar-refractivity contribution >= 4 is 29.0 Å². The Balaban J connectivity index is 1.53. The molecule has 1 amide bonds. The second-order valence-electron chi connectivity index (χ2n) is 6.43. The predicted molar refractivity (Wildman–Crippen MR) is 92.5 cm³/mol. The fraction of sp³-hybridized carbons (Fsp3) is 0.353. The number of aryl methyl sites for hydroxylation is 1. The number of imidazole rings is 1. The predicted octanol–water partition coefficient (Wildman–Crippen LogP) is 3.64. The number of carbonyl (C=O) groups excluding carboxylic acids is 1. The molecular formula is C17H18ClN5O. The minimum atomic E-state index is -0.384. The molecule has 0 bridgehead atoms. The molecule has 7 heteroatoms. The fourth-order valence-electron chi connectivity index (χ4n) is 2.71. The molecule has 0 spiro atoms. The fourth-order valence-corrected chi connectivity index (χ4v) is 2.87. The topological polar surface area (TPSA) is 75.1 Å². The average molecular weight is 344 g/mol. The first kappa shape index (κ1) is 15.2. The monoisotopic (exact) mass is 343 g/mol. The average Bonchev–Trinajstić information content (AvgIpc) is 3.17. The number of fused-ring (bicyclic) bond motifs is 1. The van der Waals surface area contributed by atoms with Gasteiger partial charge in [-0.2, -0.15) is 5.10 Å². The van der Waals surface area contributed by atoms with E-state index in [0.717, 1.165) is 16.9 Å². The zero-order valence-electron chi connectivity index (χ0n) is 13.5. The molecule has 0 radical (unpaired) electrons. The third kappa shape index (κ3) is 2.78. The Labute approximate surface area is 144 Å². The van der Waals surface area contributed by atoms with Crippen molar-refractivity contribution in [2.75, 3.05) is 5.32 Å². The van der Waals surface area contributed by atoms with Gasteiger partial charge in [0.1, 0.15) is 5.65 Å². The summed E-state index contributed by atoms with van der Waals surface area (Å²) in [5, 5.41) is 10.7. The Kier molecular flexibility index (Phi) is 3.57. The summed E-state index contributed by atoms with van der Waals surface area (Å²) in [6.45, 7) is 3.77. The van der Waals surface area contributed by atoms with Crippen LogP contribution in [-0.2, 0) is 4.79 Å². The molecule has 1 atom stereocenters. The molecule has 0 unspecified atom stereocenters. The molecule has 4 rings (SSSR count). The van der Waals surface area contributed by atoms with Crippen LogP contribution in [0.2, 0.25) is 5.02 Å². The zero-order chi connectivity index (χ0) is 16.8. The second kappa shape index (κ2) is 5.63. The molecule has 0 saturated heterocycles. The van der Waals surface area contributed by atoms with Crippen molar-refractivity contribution in [2.45, 2.75) is 38.5 Å². The Morgan fingerprint density at radius 3 is 2.96 bits per heavy atom. The number of H-pyrrole nitrogens is 1. The molecule has 3 aromatic rings. The van der Waals surface area contributed by atoms with E-state index in [9.17, 15) is 4.79 Å². The van der Waals surface area contributed by atoms with Crippen LogP contribution in [0.25, 0.3) is 5.65 Å². The summed E-state index contributed by atoms with van der Waals surface area (Å²) in [5.41, 5.74) is 3.54. The molecule has 1 aliphatic rings. The number of nitrogens with one attached hydrogen (secondary N) is 2. The third-order valence-corrected chi connectivity index (χ3v) is 4.85. The number of halogens is 1. The van der Waals surface area contributed by atoms with Gasteiger partial charge in [-0.3, -0.25) is 9.89 Å². The third-order valence-electron chi connectivity index (χ3n) is 4.46. The first-order chi connectivity index (χ1) is 11.5. The molecule has 0 aromatic carbocycles. The van der Waals surface area contributed by atoms with E-state index in [0.29, 0.717) is 22.5 Å². The molecule has 0 aliphatic heterocycles. The van der Waals surface area contributed by atoms with E-state index in [1.54, 1.807) is 0 Å². The highest BCUT2D eigenvalue weighted by Gasteiger charge is 2.26. The molecule has 3 heterocycles. The van der Waals surface area contributed by atoms with Gasteiger partial charge < -0.3 is 9.72 Å². The van der Waals surface area contributed by atoms with Crippen molar-refractivity contribution in [3.05, 3.63) is 46.5 Å². The van der Waals surface area contributed by atoms with Crippen molar-refractivity contribution in [1.29, 1.82) is 0 Å². The molecule has 2 N–H and O–H groups in total. The number of anilines is 1. The van der Waals surface area contributed by atoms with Crippen LogP contribution in [0.15, 0.2) is 24.5 Å². The molecule has 1 saturated carbocycles. The molecule has 1 aliphatic carbocycles. The van der Waals surface area contributed by atoms with Crippen molar-refractivity contribution in [3.63, 3.8) is 0 Å². The molecular weight excluding hydrogens is 326 g/mol. The van der Waals surface area contributed by atoms with E-state index in [2.05, 4.69) is 20.5 Å². The lowest BCUT2D eigenvalue weighted by Crippen LogP contribution is -2.19. The van der Waals surface area contributed by atoms with Gasteiger partial charge in [0, 0.05) is 30.1 Å². The number of pyridine rings is 1. The van der Waals surface area contributed by atoms with Crippen molar-refractivity contribution in [1.82, 2.24) is 19.6 Å². The number of amides is 1. The van der Waals surface area contributed by atoms with E-state index in [-0.39, 0.29) is 11.8 Å². The summed E-state index contributed by atoms with van der Waals surface area (Å²) >= 11 is 6.14. The second-order valence-corrected chi connectivity index (χ2v) is 6.84. The molecule has 24 heavy (non-hydrogen) atoms. The maximum absolute atomic E-state index is 12.5. The number of nitrogens with zero attached hydrogens (tertiary/aromatic N) is 3. The highest BCUT2D eigenvalue weighted by molar-refractivity contribution is 6.31. The van der Waals surface area contributed by atoms with Crippen molar-refractivity contribution in [3.8, 4) is 0 Å². The lowest BCUT2D eigenvalue weighted by molar-refractivity contribution is -0.117. The van der Waals surface area contributed by atoms with Crippen LogP contribution >= 0.6 is 11.6 Å². The lowest BCUT2D eigenvalue weighted by atomic mass is 10.1. The summed E-state index contributed by atoms with van der Waals surface area (Å²) in [7, 11) is 0. The van der Waals surface area contributed by atoms with Gasteiger partial charge in [-0.25, -0.2) is 4.98 Å². The number of carbonyl (C=O) groups is 1. The maximum Gasteiger partial charge on any atom is 0.234 e. The Hall–Kier alpha value is -2.34. The molecule has 3 aromatic heterocycles. The standard InChI is InChI=1S/C17H18ClN5O/c1-9-5-16-19-14(8-23(16)7-12(9)18)10(2)17(24)20-15-6-13(21-22-15)11-3-4-11/h5-8,10-11H,3-4H2,1-2H3,(H2,20,21,22,24)/t10-/m1/s1. The quantitative estimate of drug-likeness (QED) is 0.759. The van der Waals surface area contributed by atoms with Crippen LogP contribution in [-0.4, -0.2) is 25.5 Å². The lowest BCUT2D eigenvalue weighted by Gasteiger charge is -2.07. The molecule has 1 fully saturated rings. The van der Waals surface area contributed by atoms with Gasteiger partial charge >= 0.3 is 0 Å². The van der Waals surface area contributed by atoms with Crippen LogP contribution in [0, 0.1) is 6.92 Å². The first-order valence-corrected chi connectivity index (χ1v) is 8.40. The van der Waals surface area contributed by atoms with Crippen molar-refractivity contribution in [2.24, 2.45) is 0 Å². The van der Waals surface area contributed by atoms with Crippen LogP contribution in [0.1, 0.15) is 48.6 Å². The minimum Gasteiger partial charge on any atom is -0.309 e. The number of hydrogen-bond donors (Lipinski definition) is 2. The van der Waals surface area contributed by atoms with Crippen molar-refractivity contribution < 1.29 is 4.79 Å². The number of aromatic nitrogens is 4. The van der Waals surface area contributed by atoms with Gasteiger partial charge in [-0.15, -0.1) is 0 Å². The summed E-state index contributed by atoms with van der Waals surface area (Å²) in [6, 6.07) is 3.82. The van der Waals surface area contributed by atoms with E-state index in [1.165, 1.54) is 12.8 Å². The number of hydrogen-bond acceptors (Lipinski definition) is 3. The smallest absolute Gasteiger partial charge is 0.234 e. The van der Waals surface area contributed by atoms with Gasteiger partial charge in [0.15, 0.2) is 5.82 Å². The number of aromatic amines is 1. The Bertz CT molecular complexity index is 885. The summed E-state index contributed by atoms with van der Waals surface area (Å²) in [6.07, 6.45) is 6.03. The Morgan fingerprint density at radius 1 is 1.42 bits per heavy atom.